The molecule has 3 aromatic heterocycles. The number of amides is 1. The molecule has 0 aliphatic heterocycles. The summed E-state index contributed by atoms with van der Waals surface area (Å²) in [6.07, 6.45) is 1.44. The lowest BCUT2D eigenvalue weighted by atomic mass is 10.1. The molecule has 130 valence electrons. The number of nitrogens with zero attached hydrogens (tertiary/aromatic N) is 3. The number of carbonyl (C=O) groups is 1. The molecule has 0 atom stereocenters. The molecule has 1 N–H and O–H groups in total. The van der Waals surface area contributed by atoms with Gasteiger partial charge in [0.15, 0.2) is 5.76 Å². The van der Waals surface area contributed by atoms with Crippen LogP contribution in [0.3, 0.4) is 0 Å². The van der Waals surface area contributed by atoms with E-state index in [4.69, 9.17) is 8.83 Å². The Bertz CT molecular complexity index is 1050. The second-order valence-electron chi connectivity index (χ2n) is 5.79. The van der Waals surface area contributed by atoms with E-state index in [2.05, 4.69) is 15.4 Å². The second-order valence-corrected chi connectivity index (χ2v) is 5.79. The summed E-state index contributed by atoms with van der Waals surface area (Å²) in [6, 6.07) is 14.6. The number of carbonyl (C=O) groups excluding carboxylic acids is 1. The van der Waals surface area contributed by atoms with Gasteiger partial charge in [0.05, 0.1) is 12.0 Å². The van der Waals surface area contributed by atoms with Crippen molar-refractivity contribution in [3.8, 4) is 22.8 Å². The third kappa shape index (κ3) is 2.90. The van der Waals surface area contributed by atoms with Crippen molar-refractivity contribution in [2.24, 2.45) is 7.05 Å². The number of oxazole rings is 1. The molecule has 0 radical (unpaired) electrons. The summed E-state index contributed by atoms with van der Waals surface area (Å²) in [5.74, 6) is 0.419. The van der Waals surface area contributed by atoms with E-state index in [-0.39, 0.29) is 11.6 Å². The second kappa shape index (κ2) is 6.36. The fourth-order valence-corrected chi connectivity index (χ4v) is 2.69. The maximum Gasteiger partial charge on any atom is 0.293 e. The van der Waals surface area contributed by atoms with E-state index < -0.39 is 5.91 Å². The normalized spacial score (nSPS) is 10.8. The monoisotopic (exact) mass is 348 g/mol. The van der Waals surface area contributed by atoms with Crippen LogP contribution in [0.15, 0.2) is 63.6 Å². The highest BCUT2D eigenvalue weighted by Crippen LogP contribution is 2.33. The maximum absolute atomic E-state index is 12.4. The smallest absolute Gasteiger partial charge is 0.293 e. The average Bonchev–Trinajstić information content (AvgIpc) is 3.36. The van der Waals surface area contributed by atoms with E-state index in [1.807, 2.05) is 50.4 Å². The van der Waals surface area contributed by atoms with Crippen molar-refractivity contribution in [1.29, 1.82) is 0 Å². The highest BCUT2D eigenvalue weighted by atomic mass is 16.4. The van der Waals surface area contributed by atoms with Crippen LogP contribution in [0.25, 0.3) is 22.8 Å². The quantitative estimate of drug-likeness (QED) is 0.604. The molecule has 0 aliphatic rings. The van der Waals surface area contributed by atoms with Crippen LogP contribution in [0.4, 0.5) is 5.88 Å². The van der Waals surface area contributed by atoms with Gasteiger partial charge in [0.1, 0.15) is 11.4 Å². The number of aromatic nitrogens is 3. The highest BCUT2D eigenvalue weighted by molar-refractivity contribution is 6.03. The molecule has 4 rings (SSSR count). The number of hydrogen-bond acceptors (Lipinski definition) is 5. The van der Waals surface area contributed by atoms with E-state index in [1.54, 1.807) is 16.8 Å². The zero-order valence-electron chi connectivity index (χ0n) is 14.3. The summed E-state index contributed by atoms with van der Waals surface area (Å²) in [7, 11) is 1.82. The van der Waals surface area contributed by atoms with Crippen LogP contribution in [-0.4, -0.2) is 20.7 Å². The third-order valence-electron chi connectivity index (χ3n) is 3.87. The van der Waals surface area contributed by atoms with Gasteiger partial charge in [-0.15, -0.1) is 0 Å². The van der Waals surface area contributed by atoms with Gasteiger partial charge >= 0.3 is 0 Å². The van der Waals surface area contributed by atoms with Gasteiger partial charge in [-0.25, -0.2) is 4.98 Å². The topological polar surface area (TPSA) is 86.1 Å². The molecule has 7 nitrogen and oxygen atoms in total. The van der Waals surface area contributed by atoms with Crippen molar-refractivity contribution in [1.82, 2.24) is 14.8 Å². The summed E-state index contributed by atoms with van der Waals surface area (Å²) in [4.78, 5) is 17.0. The van der Waals surface area contributed by atoms with Crippen molar-refractivity contribution in [3.63, 3.8) is 0 Å². The fourth-order valence-electron chi connectivity index (χ4n) is 2.69. The van der Waals surface area contributed by atoms with E-state index in [0.717, 1.165) is 17.0 Å². The van der Waals surface area contributed by atoms with Crippen LogP contribution in [0, 0.1) is 6.92 Å². The number of hydrogen-bond donors (Lipinski definition) is 1. The minimum Gasteiger partial charge on any atom is -0.459 e. The Kier molecular flexibility index (Phi) is 3.89. The Morgan fingerprint density at radius 1 is 1.15 bits per heavy atom. The third-order valence-corrected chi connectivity index (χ3v) is 3.87. The van der Waals surface area contributed by atoms with Crippen molar-refractivity contribution >= 4 is 11.8 Å². The molecule has 3 heterocycles. The molecule has 0 spiro atoms. The Labute approximate surface area is 149 Å². The average molecular weight is 348 g/mol. The molecular formula is C19H16N4O3. The lowest BCUT2D eigenvalue weighted by Gasteiger charge is -2.02. The molecule has 0 aliphatic carbocycles. The largest absolute Gasteiger partial charge is 0.459 e. The first-order valence-electron chi connectivity index (χ1n) is 8.04. The van der Waals surface area contributed by atoms with Crippen molar-refractivity contribution < 1.29 is 13.6 Å². The van der Waals surface area contributed by atoms with Gasteiger partial charge in [0.25, 0.3) is 5.91 Å². The fraction of sp³-hybridized carbons (Fsp3) is 0.105. The molecule has 0 fully saturated rings. The molecule has 0 unspecified atom stereocenters. The summed E-state index contributed by atoms with van der Waals surface area (Å²) < 4.78 is 12.7. The Morgan fingerprint density at radius 2 is 1.96 bits per heavy atom. The Balaban J connectivity index is 1.78. The van der Waals surface area contributed by atoms with Gasteiger partial charge in [-0.2, -0.15) is 5.10 Å². The van der Waals surface area contributed by atoms with Crippen molar-refractivity contribution in [2.45, 2.75) is 6.92 Å². The van der Waals surface area contributed by atoms with Gasteiger partial charge < -0.3 is 8.83 Å². The first kappa shape index (κ1) is 15.9. The molecular weight excluding hydrogens is 332 g/mol. The van der Waals surface area contributed by atoms with Crippen LogP contribution in [-0.2, 0) is 7.05 Å². The van der Waals surface area contributed by atoms with Gasteiger partial charge in [0, 0.05) is 12.6 Å². The molecule has 7 heteroatoms. The minimum atomic E-state index is -0.406. The Hall–Kier alpha value is -3.61. The number of nitrogens with one attached hydrogen (secondary N) is 1. The predicted molar refractivity (Wildman–Crippen MR) is 95.5 cm³/mol. The zero-order chi connectivity index (χ0) is 18.1. The van der Waals surface area contributed by atoms with Crippen LogP contribution in [0.5, 0.6) is 0 Å². The highest BCUT2D eigenvalue weighted by Gasteiger charge is 2.21. The molecule has 1 aromatic carbocycles. The molecule has 0 saturated carbocycles. The van der Waals surface area contributed by atoms with Crippen LogP contribution < -0.4 is 5.32 Å². The molecule has 0 bridgehead atoms. The minimum absolute atomic E-state index is 0.193. The summed E-state index contributed by atoms with van der Waals surface area (Å²) in [5.41, 5.74) is 2.94. The zero-order valence-corrected chi connectivity index (χ0v) is 14.3. The lowest BCUT2D eigenvalue weighted by molar-refractivity contribution is 0.0994. The number of anilines is 1. The van der Waals surface area contributed by atoms with E-state index in [9.17, 15) is 4.79 Å². The van der Waals surface area contributed by atoms with Gasteiger partial charge in [-0.05, 0) is 25.1 Å². The summed E-state index contributed by atoms with van der Waals surface area (Å²) in [5, 5.41) is 7.05. The molecule has 1 amide bonds. The summed E-state index contributed by atoms with van der Waals surface area (Å²) in [6.45, 7) is 1.89. The van der Waals surface area contributed by atoms with Gasteiger partial charge in [0.2, 0.25) is 11.8 Å². The number of aryl methyl sites for hydroxylation is 2. The standard InChI is InChI=1S/C19H16N4O3/c1-12-11-14(23(2)22-12)18-20-16(13-7-4-3-5-8-13)19(26-18)21-17(24)15-9-6-10-25-15/h3-11H,1-2H3,(H,21,24). The van der Waals surface area contributed by atoms with Crippen LogP contribution in [0.1, 0.15) is 16.2 Å². The van der Waals surface area contributed by atoms with E-state index in [0.29, 0.717) is 11.6 Å². The maximum atomic E-state index is 12.4. The number of benzene rings is 1. The first-order valence-corrected chi connectivity index (χ1v) is 8.04. The predicted octanol–water partition coefficient (Wildman–Crippen LogP) is 3.90. The molecule has 0 saturated heterocycles. The van der Waals surface area contributed by atoms with Crippen molar-refractivity contribution in [3.05, 3.63) is 66.2 Å². The van der Waals surface area contributed by atoms with Crippen LogP contribution in [0.2, 0.25) is 0 Å². The van der Waals surface area contributed by atoms with E-state index >= 15 is 0 Å². The SMILES string of the molecule is Cc1cc(-c2nc(-c3ccccc3)c(NC(=O)c3ccco3)o2)n(C)n1. The lowest BCUT2D eigenvalue weighted by Crippen LogP contribution is -2.10. The number of rotatable bonds is 4. The van der Waals surface area contributed by atoms with Gasteiger partial charge in [-0.1, -0.05) is 30.3 Å². The number of furan rings is 1. The first-order chi connectivity index (χ1) is 12.6. The summed E-state index contributed by atoms with van der Waals surface area (Å²) >= 11 is 0. The Morgan fingerprint density at radius 3 is 2.62 bits per heavy atom. The molecule has 26 heavy (non-hydrogen) atoms. The van der Waals surface area contributed by atoms with Crippen molar-refractivity contribution in [2.75, 3.05) is 5.32 Å². The molecule has 4 aromatic rings. The van der Waals surface area contributed by atoms with E-state index in [1.165, 1.54) is 6.26 Å². The van der Waals surface area contributed by atoms with Crippen LogP contribution >= 0.6 is 0 Å². The van der Waals surface area contributed by atoms with Gasteiger partial charge in [-0.3, -0.25) is 14.8 Å².